The average molecular weight is 1100 g/mol. The van der Waals surface area contributed by atoms with Crippen LogP contribution < -0.4 is 0 Å². The zero-order valence-corrected chi connectivity index (χ0v) is 51.9. The molecule has 1 atom stereocenters. The van der Waals surface area contributed by atoms with Crippen LogP contribution >= 0.6 is 0 Å². The highest BCUT2D eigenvalue weighted by Gasteiger charge is 2.19. The van der Waals surface area contributed by atoms with E-state index in [1.807, 2.05) is 0 Å². The monoisotopic (exact) mass is 1100 g/mol. The van der Waals surface area contributed by atoms with Gasteiger partial charge in [0, 0.05) is 19.3 Å². The van der Waals surface area contributed by atoms with Gasteiger partial charge in [0.1, 0.15) is 13.2 Å². The Bertz CT molecular complexity index is 1590. The summed E-state index contributed by atoms with van der Waals surface area (Å²) in [5.74, 6) is -0.906. The maximum absolute atomic E-state index is 12.9. The predicted octanol–water partition coefficient (Wildman–Crippen LogP) is 23.0. The maximum atomic E-state index is 12.9. The molecule has 0 aliphatic carbocycles. The molecule has 1 unspecified atom stereocenters. The van der Waals surface area contributed by atoms with Crippen LogP contribution in [0.5, 0.6) is 0 Å². The molecule has 0 spiro atoms. The quantitative estimate of drug-likeness (QED) is 0.0261. The van der Waals surface area contributed by atoms with Gasteiger partial charge < -0.3 is 14.2 Å². The Morgan fingerprint density at radius 2 is 0.494 bits per heavy atom. The molecule has 0 aliphatic rings. The number of esters is 3. The summed E-state index contributed by atoms with van der Waals surface area (Å²) >= 11 is 0. The molecule has 0 saturated heterocycles. The number of carbonyl (C=O) groups excluding carboxylic acids is 3. The van der Waals surface area contributed by atoms with E-state index in [1.165, 1.54) is 154 Å². The van der Waals surface area contributed by atoms with E-state index in [1.54, 1.807) is 0 Å². The molecule has 0 saturated carbocycles. The summed E-state index contributed by atoms with van der Waals surface area (Å²) < 4.78 is 16.9. The molecule has 0 rings (SSSR count). The summed E-state index contributed by atoms with van der Waals surface area (Å²) in [7, 11) is 0. The standard InChI is InChI=1S/C73H124O6/c1-4-7-10-13-16-19-22-24-26-28-30-32-34-35-36-37-39-40-42-44-46-48-51-54-57-60-63-66-72(75)78-69-70(68-77-71(74)65-62-59-56-53-50-21-18-15-12-9-6-3)79-73(76)67-64-61-58-55-52-49-47-45-43-41-38-33-31-29-27-25-23-20-17-14-11-8-5-2/h8,11,17,20,22,24-25,27-28,30-31,33-35,41,43,47,49,70H,4-7,9-10,12-16,18-19,21,23,26,29,32,36-40,42,44-46,48,50-69H2,1-3H3/b11-8-,20-17-,24-22-,27-25-,30-28-,33-31-,35-34-,43-41-,49-47-. The van der Waals surface area contributed by atoms with Crippen molar-refractivity contribution < 1.29 is 28.6 Å². The third-order valence-corrected chi connectivity index (χ3v) is 14.3. The number of hydrogen-bond acceptors (Lipinski definition) is 6. The van der Waals surface area contributed by atoms with Gasteiger partial charge in [-0.05, 0) is 109 Å². The molecule has 0 aromatic carbocycles. The second-order valence-corrected chi connectivity index (χ2v) is 22.0. The van der Waals surface area contributed by atoms with Crippen LogP contribution in [0, 0.1) is 0 Å². The van der Waals surface area contributed by atoms with Crippen LogP contribution in [0.3, 0.4) is 0 Å². The predicted molar refractivity (Wildman–Crippen MR) is 343 cm³/mol. The Labute approximate surface area is 489 Å². The van der Waals surface area contributed by atoms with Crippen LogP contribution in [0.1, 0.15) is 316 Å². The molecule has 0 aliphatic heterocycles. The van der Waals surface area contributed by atoms with Crippen LogP contribution in [-0.4, -0.2) is 37.2 Å². The minimum atomic E-state index is -0.794. The second-order valence-electron chi connectivity index (χ2n) is 22.0. The zero-order chi connectivity index (χ0) is 57.1. The van der Waals surface area contributed by atoms with E-state index in [0.29, 0.717) is 19.3 Å². The molecule has 0 fully saturated rings. The molecule has 6 nitrogen and oxygen atoms in total. The summed E-state index contributed by atoms with van der Waals surface area (Å²) in [5, 5.41) is 0. The third kappa shape index (κ3) is 64.8. The van der Waals surface area contributed by atoms with Gasteiger partial charge in [-0.2, -0.15) is 0 Å². The second kappa shape index (κ2) is 66.6. The van der Waals surface area contributed by atoms with Crippen molar-refractivity contribution in [1.82, 2.24) is 0 Å². The Morgan fingerprint density at radius 3 is 0.772 bits per heavy atom. The molecule has 0 bridgehead atoms. The van der Waals surface area contributed by atoms with Crippen LogP contribution in [0.25, 0.3) is 0 Å². The van der Waals surface area contributed by atoms with Crippen LogP contribution in [-0.2, 0) is 28.6 Å². The number of rotatable bonds is 60. The minimum Gasteiger partial charge on any atom is -0.462 e. The minimum absolute atomic E-state index is 0.0876. The smallest absolute Gasteiger partial charge is 0.306 e. The molecule has 452 valence electrons. The van der Waals surface area contributed by atoms with Crippen molar-refractivity contribution in [1.29, 1.82) is 0 Å². The van der Waals surface area contributed by atoms with Crippen molar-refractivity contribution in [3.8, 4) is 0 Å². The molecule has 0 radical (unpaired) electrons. The van der Waals surface area contributed by atoms with E-state index in [9.17, 15) is 14.4 Å². The summed E-state index contributed by atoms with van der Waals surface area (Å²) in [6.45, 7) is 6.51. The van der Waals surface area contributed by atoms with Crippen molar-refractivity contribution in [3.05, 3.63) is 109 Å². The number of carbonyl (C=O) groups is 3. The molecule has 0 amide bonds. The molecule has 6 heteroatoms. The van der Waals surface area contributed by atoms with Crippen molar-refractivity contribution in [3.63, 3.8) is 0 Å². The van der Waals surface area contributed by atoms with Crippen molar-refractivity contribution in [2.45, 2.75) is 322 Å². The van der Waals surface area contributed by atoms with Crippen molar-refractivity contribution in [2.75, 3.05) is 13.2 Å². The van der Waals surface area contributed by atoms with E-state index in [4.69, 9.17) is 14.2 Å². The van der Waals surface area contributed by atoms with Crippen LogP contribution in [0.4, 0.5) is 0 Å². The number of allylic oxidation sites excluding steroid dienone is 18. The molecule has 0 N–H and O–H groups in total. The molecule has 0 heterocycles. The first kappa shape index (κ1) is 75.1. The fourth-order valence-electron chi connectivity index (χ4n) is 9.28. The SMILES string of the molecule is CC/C=C\C/C=C\C/C=C\C/C=C\C/C=C\C/C=C\CCCCCCC(=O)OC(COC(=O)CCCCCCCCCCCCC)COC(=O)CCCCCCCCCCCCCC/C=C\C/C=C\C/C=C\CCCCCCC. The van der Waals surface area contributed by atoms with Crippen molar-refractivity contribution >= 4 is 17.9 Å². The Hall–Kier alpha value is -3.93. The average Bonchev–Trinajstić information content (AvgIpc) is 3.45. The Balaban J connectivity index is 4.31. The van der Waals surface area contributed by atoms with Gasteiger partial charge in [-0.3, -0.25) is 14.4 Å². The van der Waals surface area contributed by atoms with Crippen LogP contribution in [0.2, 0.25) is 0 Å². The van der Waals surface area contributed by atoms with E-state index in [0.717, 1.165) is 122 Å². The van der Waals surface area contributed by atoms with Gasteiger partial charge in [-0.15, -0.1) is 0 Å². The third-order valence-electron chi connectivity index (χ3n) is 14.3. The topological polar surface area (TPSA) is 78.9 Å². The highest BCUT2D eigenvalue weighted by Crippen LogP contribution is 2.16. The van der Waals surface area contributed by atoms with E-state index in [2.05, 4.69) is 130 Å². The lowest BCUT2D eigenvalue weighted by Gasteiger charge is -2.18. The van der Waals surface area contributed by atoms with Gasteiger partial charge >= 0.3 is 17.9 Å². The summed E-state index contributed by atoms with van der Waals surface area (Å²) in [6, 6.07) is 0. The summed E-state index contributed by atoms with van der Waals surface area (Å²) in [6.07, 6.45) is 91.0. The first-order valence-corrected chi connectivity index (χ1v) is 33.4. The fourth-order valence-corrected chi connectivity index (χ4v) is 9.28. The first-order chi connectivity index (χ1) is 39.0. The van der Waals surface area contributed by atoms with E-state index < -0.39 is 6.10 Å². The van der Waals surface area contributed by atoms with Crippen LogP contribution in [0.15, 0.2) is 109 Å². The molecule has 0 aromatic heterocycles. The van der Waals surface area contributed by atoms with Gasteiger partial charge in [0.05, 0.1) is 0 Å². The number of hydrogen-bond donors (Lipinski definition) is 0. The highest BCUT2D eigenvalue weighted by atomic mass is 16.6. The number of unbranched alkanes of at least 4 members (excludes halogenated alkanes) is 31. The van der Waals surface area contributed by atoms with Gasteiger partial charge in [-0.1, -0.05) is 297 Å². The summed E-state index contributed by atoms with van der Waals surface area (Å²) in [5.41, 5.74) is 0. The van der Waals surface area contributed by atoms with Gasteiger partial charge in [0.15, 0.2) is 6.10 Å². The maximum Gasteiger partial charge on any atom is 0.306 e. The van der Waals surface area contributed by atoms with Gasteiger partial charge in [0.2, 0.25) is 0 Å². The Kier molecular flexibility index (Phi) is 63.3. The van der Waals surface area contributed by atoms with Crippen molar-refractivity contribution in [2.24, 2.45) is 0 Å². The van der Waals surface area contributed by atoms with Gasteiger partial charge in [-0.25, -0.2) is 0 Å². The van der Waals surface area contributed by atoms with Gasteiger partial charge in [0.25, 0.3) is 0 Å². The molecular formula is C73H124O6. The molecule has 79 heavy (non-hydrogen) atoms. The first-order valence-electron chi connectivity index (χ1n) is 33.4. The highest BCUT2D eigenvalue weighted by molar-refractivity contribution is 5.71. The largest absolute Gasteiger partial charge is 0.462 e. The number of ether oxygens (including phenoxy) is 3. The fraction of sp³-hybridized carbons (Fsp3) is 0.712. The van der Waals surface area contributed by atoms with E-state index in [-0.39, 0.29) is 31.1 Å². The Morgan fingerprint density at radius 1 is 0.266 bits per heavy atom. The lowest BCUT2D eigenvalue weighted by Crippen LogP contribution is -2.30. The summed E-state index contributed by atoms with van der Waals surface area (Å²) in [4.78, 5) is 38.3. The normalized spacial score (nSPS) is 12.8. The van der Waals surface area contributed by atoms with E-state index >= 15 is 0 Å². The lowest BCUT2D eigenvalue weighted by molar-refractivity contribution is -0.167. The molecule has 0 aromatic rings. The zero-order valence-electron chi connectivity index (χ0n) is 51.9. The molecular weight excluding hydrogens is 973 g/mol. The lowest BCUT2D eigenvalue weighted by atomic mass is 10.0.